The molecule has 0 saturated heterocycles. The van der Waals surface area contributed by atoms with Gasteiger partial charge >= 0.3 is 0 Å². The first kappa shape index (κ1) is 12.2. The maximum Gasteiger partial charge on any atom is 0.0895 e. The van der Waals surface area contributed by atoms with Gasteiger partial charge in [-0.25, -0.2) is 0 Å². The molecule has 1 heterocycles. The van der Waals surface area contributed by atoms with Gasteiger partial charge in [-0.15, -0.1) is 0 Å². The smallest absolute Gasteiger partial charge is 0.0895 e. The monoisotopic (exact) mass is 212 g/mol. The van der Waals surface area contributed by atoms with Gasteiger partial charge in [0.25, 0.3) is 0 Å². The number of nitrogens with zero attached hydrogens (tertiary/aromatic N) is 1. The van der Waals surface area contributed by atoms with Crippen LogP contribution in [0, 0.1) is 0 Å². The van der Waals surface area contributed by atoms with E-state index >= 15 is 0 Å². The molecule has 1 rings (SSSR count). The highest BCUT2D eigenvalue weighted by Crippen LogP contribution is 2.02. The van der Waals surface area contributed by atoms with E-state index in [2.05, 4.69) is 29.1 Å². The Kier molecular flexibility index (Phi) is 5.39. The minimum atomic E-state index is -0.667. The molecule has 0 spiro atoms. The largest absolute Gasteiger partial charge is 0.394 e. The van der Waals surface area contributed by atoms with Crippen molar-refractivity contribution in [3.05, 3.63) is 24.0 Å². The van der Waals surface area contributed by atoms with Crippen molar-refractivity contribution in [2.45, 2.75) is 32.5 Å². The average Bonchev–Trinajstić information content (AvgIpc) is 2.66. The molecule has 0 bridgehead atoms. The van der Waals surface area contributed by atoms with E-state index < -0.39 is 6.10 Å². The summed E-state index contributed by atoms with van der Waals surface area (Å²) in [6.45, 7) is 4.13. The molecule has 0 aromatic carbocycles. The lowest BCUT2D eigenvalue weighted by Gasteiger charge is -2.11. The number of rotatable bonds is 7. The van der Waals surface area contributed by atoms with Crippen LogP contribution in [0.5, 0.6) is 0 Å². The van der Waals surface area contributed by atoms with E-state index in [1.807, 2.05) is 6.07 Å². The van der Waals surface area contributed by atoms with Crippen LogP contribution >= 0.6 is 0 Å². The summed E-state index contributed by atoms with van der Waals surface area (Å²) < 4.78 is 2.19. The van der Waals surface area contributed by atoms with Crippen molar-refractivity contribution in [1.29, 1.82) is 0 Å². The quantitative estimate of drug-likeness (QED) is 0.611. The van der Waals surface area contributed by atoms with Crippen LogP contribution in [-0.4, -0.2) is 34.0 Å². The predicted molar refractivity (Wildman–Crippen MR) is 59.5 cm³/mol. The number of aliphatic hydroxyl groups excluding tert-OH is 2. The number of aryl methyl sites for hydroxylation is 1. The lowest BCUT2D eigenvalue weighted by molar-refractivity contribution is 0.0941. The van der Waals surface area contributed by atoms with E-state index in [-0.39, 0.29) is 6.61 Å². The predicted octanol–water partition coefficient (Wildman–Crippen LogP) is 0.341. The molecule has 4 heteroatoms. The number of nitrogens with one attached hydrogen (secondary N) is 1. The van der Waals surface area contributed by atoms with E-state index in [4.69, 9.17) is 10.2 Å². The number of hydrogen-bond donors (Lipinski definition) is 3. The van der Waals surface area contributed by atoms with Crippen LogP contribution in [0.2, 0.25) is 0 Å². The topological polar surface area (TPSA) is 57.4 Å². The molecule has 0 fully saturated rings. The van der Waals surface area contributed by atoms with Crippen LogP contribution in [0.4, 0.5) is 0 Å². The zero-order valence-electron chi connectivity index (χ0n) is 9.19. The molecule has 0 aliphatic carbocycles. The van der Waals surface area contributed by atoms with Crippen molar-refractivity contribution < 1.29 is 10.2 Å². The fourth-order valence-electron chi connectivity index (χ4n) is 1.50. The Morgan fingerprint density at radius 2 is 2.33 bits per heavy atom. The van der Waals surface area contributed by atoms with Crippen LogP contribution in [-0.2, 0) is 13.1 Å². The van der Waals surface area contributed by atoms with Crippen LogP contribution in [0.3, 0.4) is 0 Å². The molecule has 0 radical (unpaired) electrons. The molecule has 0 amide bonds. The molecule has 0 aliphatic heterocycles. The molecule has 1 unspecified atom stereocenters. The van der Waals surface area contributed by atoms with Gasteiger partial charge in [0.05, 0.1) is 12.7 Å². The van der Waals surface area contributed by atoms with Crippen LogP contribution in [0.15, 0.2) is 18.3 Å². The molecule has 3 N–H and O–H groups in total. The molecule has 0 aliphatic rings. The molecule has 1 aromatic heterocycles. The van der Waals surface area contributed by atoms with Crippen LogP contribution in [0.25, 0.3) is 0 Å². The SMILES string of the molecule is CCCn1cccc1CNCC(O)CO. The number of aliphatic hydroxyl groups is 2. The molecule has 1 aromatic rings. The molecular formula is C11H20N2O2. The van der Waals surface area contributed by atoms with Gasteiger partial charge in [0.1, 0.15) is 0 Å². The molecule has 0 saturated carbocycles. The van der Waals surface area contributed by atoms with Crippen LogP contribution in [0.1, 0.15) is 19.0 Å². The number of hydrogen-bond acceptors (Lipinski definition) is 3. The van der Waals surface area contributed by atoms with Crippen molar-refractivity contribution in [2.75, 3.05) is 13.2 Å². The summed E-state index contributed by atoms with van der Waals surface area (Å²) in [5.74, 6) is 0. The Morgan fingerprint density at radius 3 is 3.00 bits per heavy atom. The summed E-state index contributed by atoms with van der Waals surface area (Å²) in [6, 6.07) is 4.09. The first-order valence-electron chi connectivity index (χ1n) is 5.41. The Morgan fingerprint density at radius 1 is 1.53 bits per heavy atom. The van der Waals surface area contributed by atoms with E-state index in [9.17, 15) is 0 Å². The van der Waals surface area contributed by atoms with Gasteiger partial charge in [0.15, 0.2) is 0 Å². The van der Waals surface area contributed by atoms with Gasteiger partial charge in [0.2, 0.25) is 0 Å². The summed E-state index contributed by atoms with van der Waals surface area (Å²) >= 11 is 0. The summed E-state index contributed by atoms with van der Waals surface area (Å²) in [5, 5.41) is 20.9. The molecule has 1 atom stereocenters. The second-order valence-corrected chi connectivity index (χ2v) is 3.66. The van der Waals surface area contributed by atoms with E-state index in [0.29, 0.717) is 6.54 Å². The highest BCUT2D eigenvalue weighted by atomic mass is 16.3. The maximum atomic E-state index is 9.14. The standard InChI is InChI=1S/C11H20N2O2/c1-2-5-13-6-3-4-10(13)7-12-8-11(15)9-14/h3-4,6,11-12,14-15H,2,5,7-9H2,1H3. The average molecular weight is 212 g/mol. The first-order chi connectivity index (χ1) is 7.27. The van der Waals surface area contributed by atoms with Gasteiger partial charge in [-0.2, -0.15) is 0 Å². The first-order valence-corrected chi connectivity index (χ1v) is 5.41. The van der Waals surface area contributed by atoms with Gasteiger partial charge in [-0.05, 0) is 18.6 Å². The van der Waals surface area contributed by atoms with Gasteiger partial charge in [0, 0.05) is 31.5 Å². The van der Waals surface area contributed by atoms with Crippen molar-refractivity contribution in [1.82, 2.24) is 9.88 Å². The zero-order chi connectivity index (χ0) is 11.1. The second kappa shape index (κ2) is 6.61. The Balaban J connectivity index is 2.33. The Bertz CT molecular complexity index is 273. The molecule has 4 nitrogen and oxygen atoms in total. The second-order valence-electron chi connectivity index (χ2n) is 3.66. The minimum Gasteiger partial charge on any atom is -0.394 e. The van der Waals surface area contributed by atoms with Crippen molar-refractivity contribution in [3.63, 3.8) is 0 Å². The highest BCUT2D eigenvalue weighted by molar-refractivity contribution is 5.06. The Hall–Kier alpha value is -0.840. The highest BCUT2D eigenvalue weighted by Gasteiger charge is 2.02. The number of aromatic nitrogens is 1. The Labute approximate surface area is 90.5 Å². The van der Waals surface area contributed by atoms with E-state index in [1.165, 1.54) is 5.69 Å². The lowest BCUT2D eigenvalue weighted by atomic mass is 10.3. The van der Waals surface area contributed by atoms with Gasteiger partial charge in [-0.1, -0.05) is 6.92 Å². The molecule has 15 heavy (non-hydrogen) atoms. The fraction of sp³-hybridized carbons (Fsp3) is 0.636. The van der Waals surface area contributed by atoms with Gasteiger partial charge < -0.3 is 20.1 Å². The fourth-order valence-corrected chi connectivity index (χ4v) is 1.50. The summed E-state index contributed by atoms with van der Waals surface area (Å²) in [4.78, 5) is 0. The molecule has 86 valence electrons. The van der Waals surface area contributed by atoms with E-state index in [0.717, 1.165) is 19.5 Å². The summed E-state index contributed by atoms with van der Waals surface area (Å²) in [5.41, 5.74) is 1.21. The van der Waals surface area contributed by atoms with Crippen molar-refractivity contribution in [3.8, 4) is 0 Å². The maximum absolute atomic E-state index is 9.14. The van der Waals surface area contributed by atoms with Crippen LogP contribution < -0.4 is 5.32 Å². The van der Waals surface area contributed by atoms with Crippen molar-refractivity contribution >= 4 is 0 Å². The lowest BCUT2D eigenvalue weighted by Crippen LogP contribution is -2.29. The van der Waals surface area contributed by atoms with Crippen molar-refractivity contribution in [2.24, 2.45) is 0 Å². The third-order valence-electron chi connectivity index (χ3n) is 2.28. The summed E-state index contributed by atoms with van der Waals surface area (Å²) in [7, 11) is 0. The third-order valence-corrected chi connectivity index (χ3v) is 2.28. The van der Waals surface area contributed by atoms with Gasteiger partial charge in [-0.3, -0.25) is 0 Å². The third kappa shape index (κ3) is 4.03. The van der Waals surface area contributed by atoms with E-state index in [1.54, 1.807) is 0 Å². The normalized spacial score (nSPS) is 13.0. The summed E-state index contributed by atoms with van der Waals surface area (Å²) in [6.07, 6.45) is 2.50. The minimum absolute atomic E-state index is 0.191. The zero-order valence-corrected chi connectivity index (χ0v) is 9.19. The molecular weight excluding hydrogens is 192 g/mol.